The minimum atomic E-state index is -0.685. The third-order valence-electron chi connectivity index (χ3n) is 3.81. The third-order valence-corrected chi connectivity index (χ3v) is 3.81. The van der Waals surface area contributed by atoms with Crippen molar-refractivity contribution in [1.82, 2.24) is 4.90 Å². The van der Waals surface area contributed by atoms with E-state index in [1.165, 1.54) is 5.56 Å². The lowest BCUT2D eigenvalue weighted by Crippen LogP contribution is -2.36. The van der Waals surface area contributed by atoms with Crippen LogP contribution in [0.3, 0.4) is 0 Å². The summed E-state index contributed by atoms with van der Waals surface area (Å²) in [6.07, 6.45) is 0.751. The van der Waals surface area contributed by atoms with Gasteiger partial charge in [-0.15, -0.1) is 0 Å². The molecule has 0 radical (unpaired) electrons. The molecule has 0 amide bonds. The van der Waals surface area contributed by atoms with E-state index < -0.39 is 5.60 Å². The first-order chi connectivity index (χ1) is 9.39. The zero-order chi connectivity index (χ0) is 14.8. The molecule has 1 aromatic rings. The van der Waals surface area contributed by atoms with Gasteiger partial charge in [0.2, 0.25) is 0 Å². The van der Waals surface area contributed by atoms with Crippen molar-refractivity contribution < 1.29 is 14.6 Å². The Balaban J connectivity index is 1.93. The molecule has 20 heavy (non-hydrogen) atoms. The van der Waals surface area contributed by atoms with Crippen LogP contribution in [0.2, 0.25) is 0 Å². The molecule has 0 spiro atoms. The summed E-state index contributed by atoms with van der Waals surface area (Å²) in [6, 6.07) is 8.42. The van der Waals surface area contributed by atoms with E-state index in [1.54, 1.807) is 7.11 Å². The summed E-state index contributed by atoms with van der Waals surface area (Å²) in [4.78, 5) is 2.29. The first-order valence-electron chi connectivity index (χ1n) is 7.10. The molecular weight excluding hydrogens is 254 g/mol. The highest BCUT2D eigenvalue weighted by molar-refractivity contribution is 5.27. The maximum atomic E-state index is 9.92. The van der Waals surface area contributed by atoms with Gasteiger partial charge in [-0.05, 0) is 38.5 Å². The topological polar surface area (TPSA) is 41.9 Å². The van der Waals surface area contributed by atoms with E-state index in [9.17, 15) is 5.11 Å². The van der Waals surface area contributed by atoms with Crippen molar-refractivity contribution in [2.45, 2.75) is 51.5 Å². The Kier molecular flexibility index (Phi) is 4.68. The Morgan fingerprint density at radius 2 is 2.00 bits per heavy atom. The fourth-order valence-electron chi connectivity index (χ4n) is 2.56. The van der Waals surface area contributed by atoms with Crippen molar-refractivity contribution in [3.8, 4) is 5.75 Å². The number of benzene rings is 1. The number of hydrogen-bond acceptors (Lipinski definition) is 4. The second-order valence-electron chi connectivity index (χ2n) is 6.19. The zero-order valence-corrected chi connectivity index (χ0v) is 12.8. The molecule has 1 heterocycles. The van der Waals surface area contributed by atoms with Crippen molar-refractivity contribution in [3.63, 3.8) is 0 Å². The summed E-state index contributed by atoms with van der Waals surface area (Å²) in [5, 5.41) is 9.92. The number of rotatable bonds is 5. The van der Waals surface area contributed by atoms with Crippen molar-refractivity contribution in [3.05, 3.63) is 29.8 Å². The SMILES string of the molecule is COc1ccc(CN2CO[C@@H](CC(C)(C)O)[C@@H]2C)cc1. The molecule has 4 nitrogen and oxygen atoms in total. The lowest BCUT2D eigenvalue weighted by Gasteiger charge is -2.26. The highest BCUT2D eigenvalue weighted by Gasteiger charge is 2.34. The van der Waals surface area contributed by atoms with Crippen LogP contribution >= 0.6 is 0 Å². The molecule has 0 aromatic heterocycles. The lowest BCUT2D eigenvalue weighted by atomic mass is 9.97. The van der Waals surface area contributed by atoms with Crippen LogP contribution in [0.25, 0.3) is 0 Å². The van der Waals surface area contributed by atoms with Crippen LogP contribution in [0.4, 0.5) is 0 Å². The molecule has 2 atom stereocenters. The van der Waals surface area contributed by atoms with Gasteiger partial charge in [0.05, 0.1) is 18.8 Å². The lowest BCUT2D eigenvalue weighted by molar-refractivity contribution is 0.00167. The van der Waals surface area contributed by atoms with E-state index in [0.717, 1.165) is 12.3 Å². The maximum absolute atomic E-state index is 9.92. The van der Waals surface area contributed by atoms with E-state index in [1.807, 2.05) is 26.0 Å². The van der Waals surface area contributed by atoms with Crippen LogP contribution in [0.15, 0.2) is 24.3 Å². The van der Waals surface area contributed by atoms with E-state index in [-0.39, 0.29) is 6.10 Å². The first kappa shape index (κ1) is 15.3. The van der Waals surface area contributed by atoms with Crippen LogP contribution in [-0.4, -0.2) is 41.6 Å². The van der Waals surface area contributed by atoms with E-state index in [4.69, 9.17) is 9.47 Å². The zero-order valence-electron chi connectivity index (χ0n) is 12.8. The molecular formula is C16H25NO3. The van der Waals surface area contributed by atoms with Gasteiger partial charge in [-0.2, -0.15) is 0 Å². The summed E-state index contributed by atoms with van der Waals surface area (Å²) in [6.45, 7) is 7.29. The molecule has 1 aliphatic heterocycles. The van der Waals surface area contributed by atoms with E-state index >= 15 is 0 Å². The minimum Gasteiger partial charge on any atom is -0.497 e. The molecule has 1 fully saturated rings. The molecule has 0 unspecified atom stereocenters. The molecule has 1 N–H and O–H groups in total. The fraction of sp³-hybridized carbons (Fsp3) is 0.625. The summed E-state index contributed by atoms with van der Waals surface area (Å²) in [7, 11) is 1.67. The van der Waals surface area contributed by atoms with Gasteiger partial charge < -0.3 is 14.6 Å². The molecule has 112 valence electrons. The second kappa shape index (κ2) is 6.12. The highest BCUT2D eigenvalue weighted by atomic mass is 16.5. The molecule has 0 saturated carbocycles. The van der Waals surface area contributed by atoms with Gasteiger partial charge in [-0.3, -0.25) is 4.90 Å². The average molecular weight is 279 g/mol. The number of hydrogen-bond donors (Lipinski definition) is 1. The monoisotopic (exact) mass is 279 g/mol. The molecule has 0 aliphatic carbocycles. The molecule has 1 saturated heterocycles. The van der Waals surface area contributed by atoms with Crippen LogP contribution in [0.1, 0.15) is 32.8 Å². The maximum Gasteiger partial charge on any atom is 0.118 e. The Bertz CT molecular complexity index is 424. The van der Waals surface area contributed by atoms with Crippen molar-refractivity contribution in [1.29, 1.82) is 0 Å². The van der Waals surface area contributed by atoms with Crippen molar-refractivity contribution >= 4 is 0 Å². The molecule has 1 aliphatic rings. The van der Waals surface area contributed by atoms with Gasteiger partial charge in [-0.25, -0.2) is 0 Å². The Morgan fingerprint density at radius 1 is 1.35 bits per heavy atom. The van der Waals surface area contributed by atoms with Crippen LogP contribution in [0, 0.1) is 0 Å². The summed E-state index contributed by atoms with van der Waals surface area (Å²) >= 11 is 0. The summed E-state index contributed by atoms with van der Waals surface area (Å²) in [5.41, 5.74) is 0.555. The molecule has 4 heteroatoms. The van der Waals surface area contributed by atoms with Gasteiger partial charge in [0.25, 0.3) is 0 Å². The van der Waals surface area contributed by atoms with E-state index in [2.05, 4.69) is 24.0 Å². The first-order valence-corrected chi connectivity index (χ1v) is 7.10. The molecule has 1 aromatic carbocycles. The van der Waals surface area contributed by atoms with Gasteiger partial charge in [0, 0.05) is 19.0 Å². The van der Waals surface area contributed by atoms with Gasteiger partial charge in [0.15, 0.2) is 0 Å². The number of ether oxygens (including phenoxy) is 2. The molecule has 0 bridgehead atoms. The van der Waals surface area contributed by atoms with Crippen LogP contribution in [0.5, 0.6) is 5.75 Å². The summed E-state index contributed by atoms with van der Waals surface area (Å²) in [5.74, 6) is 0.874. The number of aliphatic hydroxyl groups is 1. The Morgan fingerprint density at radius 3 is 2.55 bits per heavy atom. The normalized spacial score (nSPS) is 24.1. The van der Waals surface area contributed by atoms with Gasteiger partial charge >= 0.3 is 0 Å². The highest BCUT2D eigenvalue weighted by Crippen LogP contribution is 2.26. The van der Waals surface area contributed by atoms with Crippen LogP contribution in [-0.2, 0) is 11.3 Å². The fourth-order valence-corrected chi connectivity index (χ4v) is 2.56. The van der Waals surface area contributed by atoms with Gasteiger partial charge in [0.1, 0.15) is 12.5 Å². The minimum absolute atomic E-state index is 0.0910. The van der Waals surface area contributed by atoms with Crippen LogP contribution < -0.4 is 4.74 Å². The standard InChI is InChI=1S/C16H25NO3/c1-12-15(9-16(2,3)18)20-11-17(12)10-13-5-7-14(19-4)8-6-13/h5-8,12,15,18H,9-11H2,1-4H3/t12-,15-/m0/s1. The number of methoxy groups -OCH3 is 1. The van der Waals surface area contributed by atoms with Gasteiger partial charge in [-0.1, -0.05) is 12.1 Å². The third kappa shape index (κ3) is 3.95. The smallest absolute Gasteiger partial charge is 0.118 e. The largest absolute Gasteiger partial charge is 0.497 e. The molecule has 2 rings (SSSR count). The number of nitrogens with zero attached hydrogens (tertiary/aromatic N) is 1. The second-order valence-corrected chi connectivity index (χ2v) is 6.19. The van der Waals surface area contributed by atoms with Crippen molar-refractivity contribution in [2.24, 2.45) is 0 Å². The van der Waals surface area contributed by atoms with Crippen molar-refractivity contribution in [2.75, 3.05) is 13.8 Å². The summed E-state index contributed by atoms with van der Waals surface area (Å²) < 4.78 is 11.0. The van der Waals surface area contributed by atoms with E-state index in [0.29, 0.717) is 19.2 Å². The average Bonchev–Trinajstić information content (AvgIpc) is 2.71. The Hall–Kier alpha value is -1.10. The Labute approximate surface area is 121 Å². The predicted molar refractivity (Wildman–Crippen MR) is 78.7 cm³/mol. The quantitative estimate of drug-likeness (QED) is 0.898. The predicted octanol–water partition coefficient (Wildman–Crippen LogP) is 2.40.